The van der Waals surface area contributed by atoms with Gasteiger partial charge >= 0.3 is 0 Å². The number of nitrogens with one attached hydrogen (secondary N) is 1. The van der Waals surface area contributed by atoms with Crippen molar-refractivity contribution in [3.63, 3.8) is 0 Å². The molecule has 1 aliphatic heterocycles. The van der Waals surface area contributed by atoms with E-state index in [-0.39, 0.29) is 5.56 Å². The van der Waals surface area contributed by atoms with E-state index in [1.165, 1.54) is 24.0 Å². The lowest BCUT2D eigenvalue weighted by Crippen LogP contribution is -2.32. The Morgan fingerprint density at radius 3 is 2.41 bits per heavy atom. The van der Waals surface area contributed by atoms with Crippen LogP contribution in [-0.2, 0) is 7.05 Å². The van der Waals surface area contributed by atoms with Crippen molar-refractivity contribution < 1.29 is 0 Å². The Kier molecular flexibility index (Phi) is 7.61. The smallest absolute Gasteiger partial charge is 0.259 e. The average Bonchev–Trinajstić information content (AvgIpc) is 3.00. The Morgan fingerprint density at radius 1 is 0.951 bits per heavy atom. The topological polar surface area (TPSA) is 63.1 Å². The molecule has 3 aromatic carbocycles. The van der Waals surface area contributed by atoms with Gasteiger partial charge in [-0.25, -0.2) is 4.98 Å². The van der Waals surface area contributed by atoms with Crippen molar-refractivity contribution in [2.24, 2.45) is 7.05 Å². The first-order valence-electron chi connectivity index (χ1n) is 14.2. The predicted molar refractivity (Wildman–Crippen MR) is 169 cm³/mol. The van der Waals surface area contributed by atoms with Crippen molar-refractivity contribution >= 4 is 34.3 Å². The fourth-order valence-electron chi connectivity index (χ4n) is 5.85. The molecule has 3 heterocycles. The van der Waals surface area contributed by atoms with Crippen LogP contribution < -0.4 is 10.9 Å². The van der Waals surface area contributed by atoms with E-state index in [0.29, 0.717) is 33.7 Å². The molecular weight excluding hydrogens is 530 g/mol. The minimum absolute atomic E-state index is 0.161. The highest BCUT2D eigenvalue weighted by molar-refractivity contribution is 6.33. The van der Waals surface area contributed by atoms with E-state index in [1.807, 2.05) is 36.4 Å². The number of anilines is 2. The molecule has 0 spiro atoms. The number of hydrogen-bond donors (Lipinski definition) is 1. The number of likely N-dealkylation sites (tertiary alicyclic amines) is 1. The lowest BCUT2D eigenvalue weighted by atomic mass is 9.89. The first-order chi connectivity index (χ1) is 19.9. The molecule has 208 valence electrons. The third-order valence-electron chi connectivity index (χ3n) is 8.34. The van der Waals surface area contributed by atoms with Gasteiger partial charge in [0.2, 0.25) is 5.95 Å². The Hall–Kier alpha value is -4.00. The summed E-state index contributed by atoms with van der Waals surface area (Å²) in [4.78, 5) is 25.2. The molecule has 7 heteroatoms. The highest BCUT2D eigenvalue weighted by Gasteiger charge is 2.20. The molecule has 0 amide bonds. The maximum absolute atomic E-state index is 13.5. The summed E-state index contributed by atoms with van der Waals surface area (Å²) in [6, 6.07) is 24.4. The van der Waals surface area contributed by atoms with Crippen molar-refractivity contribution in [2.45, 2.75) is 32.6 Å². The lowest BCUT2D eigenvalue weighted by Gasteiger charge is -2.31. The molecule has 1 N–H and O–H groups in total. The third-order valence-corrected chi connectivity index (χ3v) is 8.65. The van der Waals surface area contributed by atoms with Gasteiger partial charge in [-0.15, -0.1) is 0 Å². The number of fused-ring (bicyclic) bond motifs is 1. The van der Waals surface area contributed by atoms with E-state index in [2.05, 4.69) is 70.4 Å². The van der Waals surface area contributed by atoms with Gasteiger partial charge in [-0.1, -0.05) is 67.1 Å². The molecule has 1 saturated heterocycles. The van der Waals surface area contributed by atoms with Gasteiger partial charge in [0.05, 0.1) is 0 Å². The largest absolute Gasteiger partial charge is 0.324 e. The molecule has 0 aliphatic carbocycles. The average molecular weight is 564 g/mol. The van der Waals surface area contributed by atoms with Crippen LogP contribution in [0, 0.1) is 6.92 Å². The maximum atomic E-state index is 13.5. The summed E-state index contributed by atoms with van der Waals surface area (Å²) < 4.78 is 1.56. The Balaban J connectivity index is 1.24. The van der Waals surface area contributed by atoms with Gasteiger partial charge in [0.25, 0.3) is 5.56 Å². The zero-order valence-electron chi connectivity index (χ0n) is 23.7. The second-order valence-electron chi connectivity index (χ2n) is 10.9. The molecule has 1 fully saturated rings. The zero-order valence-corrected chi connectivity index (χ0v) is 24.4. The highest BCUT2D eigenvalue weighted by Crippen LogP contribution is 2.33. The number of nitrogens with zero attached hydrogens (tertiary/aromatic N) is 4. The first kappa shape index (κ1) is 27.2. The van der Waals surface area contributed by atoms with Gasteiger partial charge in [0.1, 0.15) is 5.65 Å². The number of piperidine rings is 1. The summed E-state index contributed by atoms with van der Waals surface area (Å²) in [5.74, 6) is 1.06. The minimum Gasteiger partial charge on any atom is -0.324 e. The van der Waals surface area contributed by atoms with Crippen LogP contribution in [0.5, 0.6) is 0 Å². The normalized spacial score (nSPS) is 14.4. The Bertz CT molecular complexity index is 1770. The summed E-state index contributed by atoms with van der Waals surface area (Å²) in [6.45, 7) is 7.76. The zero-order chi connectivity index (χ0) is 28.5. The van der Waals surface area contributed by atoms with Gasteiger partial charge in [-0.05, 0) is 91.8 Å². The number of aromatic nitrogens is 3. The van der Waals surface area contributed by atoms with Crippen LogP contribution in [0.3, 0.4) is 0 Å². The molecule has 0 unspecified atom stereocenters. The standard InChI is InChI=1S/C34H34ClN5O/c1-4-40-17-15-24(16-18-40)23-9-12-27(13-10-23)37-34-36-21-26-19-30(33(41)39(3)32(26)38-34)29-14-11-25(20-31(29)35)28-8-6-5-7-22(28)2/h5-14,19-21,24H,4,15-18H2,1-3H3,(H,36,37,38). The van der Waals surface area contributed by atoms with Crippen LogP contribution in [-0.4, -0.2) is 39.1 Å². The number of aryl methyl sites for hydroxylation is 2. The van der Waals surface area contributed by atoms with Gasteiger partial charge in [0.15, 0.2) is 0 Å². The van der Waals surface area contributed by atoms with Crippen LogP contribution >= 0.6 is 11.6 Å². The van der Waals surface area contributed by atoms with E-state index < -0.39 is 0 Å². The quantitative estimate of drug-likeness (QED) is 0.231. The first-order valence-corrected chi connectivity index (χ1v) is 14.6. The van der Waals surface area contributed by atoms with Crippen molar-refractivity contribution in [3.05, 3.63) is 105 Å². The number of pyridine rings is 1. The number of rotatable bonds is 6. The van der Waals surface area contributed by atoms with Gasteiger partial charge in [-0.2, -0.15) is 4.98 Å². The van der Waals surface area contributed by atoms with Crippen LogP contribution in [0.2, 0.25) is 5.02 Å². The second kappa shape index (κ2) is 11.5. The molecule has 2 aromatic heterocycles. The van der Waals surface area contributed by atoms with Crippen LogP contribution in [0.4, 0.5) is 11.6 Å². The maximum Gasteiger partial charge on any atom is 0.259 e. The molecule has 5 aromatic rings. The molecule has 0 saturated carbocycles. The predicted octanol–water partition coefficient (Wildman–Crippen LogP) is 7.57. The Labute approximate surface area is 245 Å². The van der Waals surface area contributed by atoms with Gasteiger partial charge < -0.3 is 10.2 Å². The molecule has 41 heavy (non-hydrogen) atoms. The highest BCUT2D eigenvalue weighted by atomic mass is 35.5. The Morgan fingerprint density at radius 2 is 1.71 bits per heavy atom. The molecule has 6 rings (SSSR count). The van der Waals surface area contributed by atoms with Crippen LogP contribution in [0.1, 0.15) is 36.8 Å². The molecule has 0 radical (unpaired) electrons. The lowest BCUT2D eigenvalue weighted by molar-refractivity contribution is 0.222. The second-order valence-corrected chi connectivity index (χ2v) is 11.3. The van der Waals surface area contributed by atoms with E-state index >= 15 is 0 Å². The summed E-state index contributed by atoms with van der Waals surface area (Å²) in [5.41, 5.74) is 7.21. The van der Waals surface area contributed by atoms with Crippen molar-refractivity contribution in [1.82, 2.24) is 19.4 Å². The summed E-state index contributed by atoms with van der Waals surface area (Å²) in [5, 5.41) is 4.60. The summed E-state index contributed by atoms with van der Waals surface area (Å²) in [6.07, 6.45) is 4.15. The molecule has 0 atom stereocenters. The monoisotopic (exact) mass is 563 g/mol. The minimum atomic E-state index is -0.161. The van der Waals surface area contributed by atoms with Gasteiger partial charge in [-0.3, -0.25) is 9.36 Å². The fraction of sp³-hybridized carbons (Fsp3) is 0.265. The number of benzene rings is 3. The number of hydrogen-bond acceptors (Lipinski definition) is 5. The number of halogens is 1. The molecule has 6 nitrogen and oxygen atoms in total. The van der Waals surface area contributed by atoms with E-state index in [9.17, 15) is 4.79 Å². The van der Waals surface area contributed by atoms with E-state index in [0.717, 1.165) is 41.8 Å². The third kappa shape index (κ3) is 5.50. The van der Waals surface area contributed by atoms with Crippen molar-refractivity contribution in [1.29, 1.82) is 0 Å². The van der Waals surface area contributed by atoms with E-state index in [1.54, 1.807) is 17.8 Å². The molecule has 0 bridgehead atoms. The molecule has 1 aliphatic rings. The summed E-state index contributed by atoms with van der Waals surface area (Å²) in [7, 11) is 1.74. The molecular formula is C34H34ClN5O. The van der Waals surface area contributed by atoms with Crippen LogP contribution in [0.15, 0.2) is 83.8 Å². The summed E-state index contributed by atoms with van der Waals surface area (Å²) >= 11 is 6.74. The van der Waals surface area contributed by atoms with E-state index in [4.69, 9.17) is 11.6 Å². The van der Waals surface area contributed by atoms with Crippen LogP contribution in [0.25, 0.3) is 33.3 Å². The SMILES string of the molecule is CCN1CCC(c2ccc(Nc3ncc4cc(-c5ccc(-c6ccccc6C)cc5Cl)c(=O)n(C)c4n3)cc2)CC1. The van der Waals surface area contributed by atoms with Gasteiger partial charge in [0, 0.05) is 40.5 Å². The fourth-order valence-corrected chi connectivity index (χ4v) is 6.13. The van der Waals surface area contributed by atoms with Crippen molar-refractivity contribution in [3.8, 4) is 22.3 Å². The van der Waals surface area contributed by atoms with Crippen molar-refractivity contribution in [2.75, 3.05) is 25.0 Å².